The number of hydrogen-bond acceptors (Lipinski definition) is 7. The van der Waals surface area contributed by atoms with Crippen LogP contribution in [-0.2, 0) is 11.2 Å². The highest BCUT2D eigenvalue weighted by Crippen LogP contribution is 2.29. The van der Waals surface area contributed by atoms with Crippen LogP contribution in [0.5, 0.6) is 0 Å². The van der Waals surface area contributed by atoms with E-state index in [1.54, 1.807) is 12.1 Å². The molecule has 0 aliphatic rings. The third kappa shape index (κ3) is 4.51. The number of rotatable bonds is 8. The summed E-state index contributed by atoms with van der Waals surface area (Å²) in [5.41, 5.74) is 0.287. The van der Waals surface area contributed by atoms with Crippen molar-refractivity contribution in [2.75, 3.05) is 19.8 Å². The predicted octanol–water partition coefficient (Wildman–Crippen LogP) is 2.72. The first-order valence-corrected chi connectivity index (χ1v) is 10.0. The first-order valence-electron chi connectivity index (χ1n) is 8.18. The van der Waals surface area contributed by atoms with Gasteiger partial charge in [0.2, 0.25) is 0 Å². The minimum absolute atomic E-state index is 0.00143. The number of carbonyl (C=O) groups is 1. The summed E-state index contributed by atoms with van der Waals surface area (Å²) in [6.45, 7) is -1.39. The number of Topliss-reactive ketones (excluding diaryl/α,β-unsaturated/α-hetero) is 1. The molecule has 28 heavy (non-hydrogen) atoms. The zero-order valence-electron chi connectivity index (χ0n) is 14.4. The Morgan fingerprint density at radius 2 is 2.00 bits per heavy atom. The van der Waals surface area contributed by atoms with Gasteiger partial charge in [0.15, 0.2) is 11.6 Å². The molecule has 3 aromatic rings. The maximum Gasteiger partial charge on any atom is 0.188 e. The third-order valence-electron chi connectivity index (χ3n) is 4.13. The number of fused-ring (bicyclic) bond motifs is 1. The number of carbonyl (C=O) groups excluding carboxylic acids is 1. The average Bonchev–Trinajstić information content (AvgIpc) is 3.15. The van der Waals surface area contributed by atoms with Crippen LogP contribution >= 0.6 is 34.1 Å². The molecule has 0 fully saturated rings. The Labute approximate surface area is 176 Å². The number of aliphatic hydroxyl groups is 2. The number of ether oxygens (including phenoxy) is 1. The first kappa shape index (κ1) is 21.1. The van der Waals surface area contributed by atoms with Crippen molar-refractivity contribution in [2.24, 2.45) is 0 Å². The summed E-state index contributed by atoms with van der Waals surface area (Å²) in [5, 5.41) is 21.9. The molecule has 1 aromatic heterocycles. The van der Waals surface area contributed by atoms with Crippen molar-refractivity contribution in [1.29, 1.82) is 0 Å². The Morgan fingerprint density at radius 3 is 2.68 bits per heavy atom. The third-order valence-corrected chi connectivity index (χ3v) is 5.47. The molecule has 0 saturated carbocycles. The molecule has 2 aromatic carbocycles. The van der Waals surface area contributed by atoms with Gasteiger partial charge in [-0.15, -0.1) is 5.10 Å². The predicted molar refractivity (Wildman–Crippen MR) is 108 cm³/mol. The smallest absolute Gasteiger partial charge is 0.188 e. The summed E-state index contributed by atoms with van der Waals surface area (Å²) in [6, 6.07) is 6.02. The number of hydrogen-bond donors (Lipinski definition) is 2. The monoisotopic (exact) mass is 520 g/mol. The van der Waals surface area contributed by atoms with Crippen LogP contribution in [0.3, 0.4) is 0 Å². The molecule has 0 spiro atoms. The molecule has 0 saturated heterocycles. The second-order valence-corrected chi connectivity index (χ2v) is 8.00. The Morgan fingerprint density at radius 1 is 1.25 bits per heavy atom. The minimum Gasteiger partial charge on any atom is -0.394 e. The summed E-state index contributed by atoms with van der Waals surface area (Å²) in [5.74, 6) is -1.78. The van der Waals surface area contributed by atoms with E-state index in [2.05, 4.69) is 9.59 Å². The van der Waals surface area contributed by atoms with E-state index in [0.717, 1.165) is 11.5 Å². The summed E-state index contributed by atoms with van der Waals surface area (Å²) in [4.78, 5) is 12.7. The fourth-order valence-electron chi connectivity index (χ4n) is 2.64. The van der Waals surface area contributed by atoms with Gasteiger partial charge in [-0.3, -0.25) is 4.79 Å². The summed E-state index contributed by atoms with van der Waals surface area (Å²) < 4.78 is 39.3. The van der Waals surface area contributed by atoms with Gasteiger partial charge in [-0.1, -0.05) is 10.6 Å². The minimum atomic E-state index is -0.917. The average molecular weight is 520 g/mol. The molecule has 0 aliphatic carbocycles. The van der Waals surface area contributed by atoms with Crippen molar-refractivity contribution < 1.29 is 28.5 Å². The molecular formula is C18H15F2IN2O4S. The highest BCUT2D eigenvalue weighted by atomic mass is 127. The van der Waals surface area contributed by atoms with Gasteiger partial charge in [-0.05, 0) is 57.9 Å². The molecule has 3 rings (SSSR count). The van der Waals surface area contributed by atoms with Crippen LogP contribution in [0.1, 0.15) is 21.5 Å². The number of aliphatic hydroxyl groups excluding tert-OH is 2. The number of benzene rings is 2. The maximum atomic E-state index is 15.1. The molecule has 148 valence electrons. The summed E-state index contributed by atoms with van der Waals surface area (Å²) in [6.07, 6.45) is -1.06. The molecular weight excluding hydrogens is 505 g/mol. The SMILES string of the molecule is O=C(COC(CO)CO)c1cc2snnc2c(F)c1Cc1ccc(I)cc1F. The van der Waals surface area contributed by atoms with E-state index in [0.29, 0.717) is 8.27 Å². The Balaban J connectivity index is 2.00. The molecule has 1 heterocycles. The normalized spacial score (nSPS) is 11.5. The van der Waals surface area contributed by atoms with E-state index >= 15 is 4.39 Å². The van der Waals surface area contributed by atoms with Crippen LogP contribution in [0, 0.1) is 15.2 Å². The van der Waals surface area contributed by atoms with Crippen LogP contribution < -0.4 is 0 Å². The van der Waals surface area contributed by atoms with Crippen LogP contribution in [-0.4, -0.2) is 51.5 Å². The zero-order chi connectivity index (χ0) is 20.3. The highest BCUT2D eigenvalue weighted by molar-refractivity contribution is 14.1. The molecule has 0 bridgehead atoms. The van der Waals surface area contributed by atoms with Gasteiger partial charge >= 0.3 is 0 Å². The van der Waals surface area contributed by atoms with Gasteiger partial charge in [-0.25, -0.2) is 8.78 Å². The van der Waals surface area contributed by atoms with Crippen LogP contribution in [0.15, 0.2) is 24.3 Å². The summed E-state index contributed by atoms with van der Waals surface area (Å²) >= 11 is 2.91. The summed E-state index contributed by atoms with van der Waals surface area (Å²) in [7, 11) is 0. The van der Waals surface area contributed by atoms with Crippen LogP contribution in [0.4, 0.5) is 8.78 Å². The van der Waals surface area contributed by atoms with Crippen LogP contribution in [0.25, 0.3) is 10.2 Å². The molecule has 2 N–H and O–H groups in total. The number of ketones is 1. The van der Waals surface area contributed by atoms with Crippen molar-refractivity contribution in [3.8, 4) is 0 Å². The Kier molecular flexibility index (Phi) is 6.99. The van der Waals surface area contributed by atoms with Gasteiger partial charge in [0.05, 0.1) is 17.9 Å². The van der Waals surface area contributed by atoms with Crippen molar-refractivity contribution in [1.82, 2.24) is 9.59 Å². The van der Waals surface area contributed by atoms with E-state index < -0.39 is 43.3 Å². The molecule has 0 unspecified atom stereocenters. The van der Waals surface area contributed by atoms with Gasteiger partial charge in [0, 0.05) is 21.1 Å². The van der Waals surface area contributed by atoms with Crippen molar-refractivity contribution in [2.45, 2.75) is 12.5 Å². The lowest BCUT2D eigenvalue weighted by Gasteiger charge is -2.14. The number of halogens is 3. The maximum absolute atomic E-state index is 15.1. The topological polar surface area (TPSA) is 92.5 Å². The second kappa shape index (κ2) is 9.27. The Bertz CT molecular complexity index is 1010. The van der Waals surface area contributed by atoms with Gasteiger partial charge < -0.3 is 14.9 Å². The van der Waals surface area contributed by atoms with Crippen molar-refractivity contribution in [3.63, 3.8) is 0 Å². The largest absolute Gasteiger partial charge is 0.394 e. The fraction of sp³-hybridized carbons (Fsp3) is 0.278. The standard InChI is InChI=1S/C18H15F2IN2O4S/c19-14-4-10(21)2-1-9(14)3-13-12(15(26)8-27-11(6-24)7-25)5-16-18(17(13)20)22-23-28-16/h1-2,4-5,11,24-25H,3,6-8H2. The molecule has 10 heteroatoms. The molecule has 0 radical (unpaired) electrons. The van der Waals surface area contributed by atoms with E-state index in [1.165, 1.54) is 12.1 Å². The quantitative estimate of drug-likeness (QED) is 0.351. The molecule has 0 aliphatic heterocycles. The first-order chi connectivity index (χ1) is 13.4. The van der Waals surface area contributed by atoms with E-state index in [-0.39, 0.29) is 28.6 Å². The van der Waals surface area contributed by atoms with Gasteiger partial charge in [-0.2, -0.15) is 0 Å². The van der Waals surface area contributed by atoms with Gasteiger partial charge in [0.25, 0.3) is 0 Å². The van der Waals surface area contributed by atoms with Crippen LogP contribution in [0.2, 0.25) is 0 Å². The lowest BCUT2D eigenvalue weighted by Crippen LogP contribution is -2.26. The second-order valence-electron chi connectivity index (χ2n) is 5.97. The van der Waals surface area contributed by atoms with E-state index in [9.17, 15) is 9.18 Å². The van der Waals surface area contributed by atoms with Crippen molar-refractivity contribution in [3.05, 3.63) is 56.2 Å². The number of aromatic nitrogens is 2. The number of nitrogens with zero attached hydrogens (tertiary/aromatic N) is 2. The highest BCUT2D eigenvalue weighted by Gasteiger charge is 2.23. The fourth-order valence-corrected chi connectivity index (χ4v) is 3.69. The van der Waals surface area contributed by atoms with Crippen molar-refractivity contribution >= 4 is 50.1 Å². The zero-order valence-corrected chi connectivity index (χ0v) is 17.3. The lowest BCUT2D eigenvalue weighted by molar-refractivity contribution is -0.0132. The van der Waals surface area contributed by atoms with E-state index in [1.807, 2.05) is 22.6 Å². The Hall–Kier alpha value is -1.60. The van der Waals surface area contributed by atoms with E-state index in [4.69, 9.17) is 14.9 Å². The molecule has 0 atom stereocenters. The lowest BCUT2D eigenvalue weighted by atomic mass is 9.96. The molecule has 6 nitrogen and oxygen atoms in total. The van der Waals surface area contributed by atoms with Gasteiger partial charge in [0.1, 0.15) is 24.0 Å². The molecule has 0 amide bonds.